The summed E-state index contributed by atoms with van der Waals surface area (Å²) in [6.07, 6.45) is 5.64. The quantitative estimate of drug-likeness (QED) is 0.539. The van der Waals surface area contributed by atoms with Crippen molar-refractivity contribution in [3.63, 3.8) is 0 Å². The fourth-order valence-electron chi connectivity index (χ4n) is 4.68. The molecule has 0 spiro atoms. The molecule has 0 fully saturated rings. The summed E-state index contributed by atoms with van der Waals surface area (Å²) in [6, 6.07) is 12.6. The highest BCUT2D eigenvalue weighted by Crippen LogP contribution is 2.41. The van der Waals surface area contributed by atoms with Gasteiger partial charge in [-0.05, 0) is 30.2 Å². The van der Waals surface area contributed by atoms with E-state index in [1.54, 1.807) is 17.0 Å². The summed E-state index contributed by atoms with van der Waals surface area (Å²) in [7, 11) is 0. The zero-order chi connectivity index (χ0) is 24.7. The fraction of sp³-hybridized carbons (Fsp3) is 0.231. The molecule has 7 nitrogen and oxygen atoms in total. The van der Waals surface area contributed by atoms with Gasteiger partial charge in [-0.3, -0.25) is 19.3 Å². The Morgan fingerprint density at radius 2 is 1.91 bits per heavy atom. The second-order valence-electron chi connectivity index (χ2n) is 8.39. The lowest BCUT2D eigenvalue weighted by Gasteiger charge is -2.45. The summed E-state index contributed by atoms with van der Waals surface area (Å²) in [5.41, 5.74) is 0.610. The van der Waals surface area contributed by atoms with Gasteiger partial charge in [0.15, 0.2) is 11.4 Å². The molecule has 1 amide bonds. The van der Waals surface area contributed by atoms with E-state index in [0.717, 1.165) is 5.56 Å². The molecule has 2 atom stereocenters. The Labute approximate surface area is 206 Å². The van der Waals surface area contributed by atoms with Crippen LogP contribution in [0.25, 0.3) is 0 Å². The number of ether oxygens (including phenoxy) is 1. The van der Waals surface area contributed by atoms with Crippen molar-refractivity contribution in [2.45, 2.75) is 25.4 Å². The first-order valence-corrected chi connectivity index (χ1v) is 11.6. The molecule has 5 rings (SSSR count). The van der Waals surface area contributed by atoms with Crippen LogP contribution in [-0.2, 0) is 0 Å². The first-order chi connectivity index (χ1) is 16.9. The van der Waals surface area contributed by atoms with Crippen molar-refractivity contribution < 1.29 is 19.0 Å². The molecule has 2 aliphatic rings. The van der Waals surface area contributed by atoms with Crippen molar-refractivity contribution in [1.82, 2.24) is 9.58 Å². The first kappa shape index (κ1) is 23.0. The predicted molar refractivity (Wildman–Crippen MR) is 130 cm³/mol. The molecule has 0 aliphatic carbocycles. The van der Waals surface area contributed by atoms with Crippen molar-refractivity contribution >= 4 is 17.5 Å². The standard InChI is InChI=1S/C26H23ClFN3O4/c1-2-17-9-6-14-35-25-18(10-11-19(28)21(25)27)22(16-7-4-3-5-8-16)31-15-29(17)26(34)23-24(33)20(32)12-13-30(23)31/h3-13,17,22,33H,2,14-15H2,1H3/b9-6+/t17-,22-/m0/s1. The summed E-state index contributed by atoms with van der Waals surface area (Å²) in [5, 5.41) is 12.4. The van der Waals surface area contributed by atoms with E-state index in [1.165, 1.54) is 23.0 Å². The zero-order valence-electron chi connectivity index (χ0n) is 18.9. The van der Waals surface area contributed by atoms with Crippen LogP contribution in [0.1, 0.15) is 41.0 Å². The van der Waals surface area contributed by atoms with Gasteiger partial charge in [-0.15, -0.1) is 0 Å². The molecule has 2 bridgehead atoms. The summed E-state index contributed by atoms with van der Waals surface area (Å²) in [5.74, 6) is -1.51. The van der Waals surface area contributed by atoms with Crippen LogP contribution in [0.3, 0.4) is 0 Å². The third-order valence-corrected chi connectivity index (χ3v) is 6.73. The van der Waals surface area contributed by atoms with E-state index in [0.29, 0.717) is 12.0 Å². The molecule has 0 unspecified atom stereocenters. The monoisotopic (exact) mass is 495 g/mol. The average molecular weight is 496 g/mol. The molecule has 180 valence electrons. The number of rotatable bonds is 2. The maximum Gasteiger partial charge on any atom is 0.278 e. The number of benzene rings is 2. The first-order valence-electron chi connectivity index (χ1n) is 11.3. The molecular weight excluding hydrogens is 473 g/mol. The Kier molecular flexibility index (Phi) is 5.98. The number of hydrogen-bond acceptors (Lipinski definition) is 5. The van der Waals surface area contributed by atoms with Crippen LogP contribution in [0.4, 0.5) is 4.39 Å². The largest absolute Gasteiger partial charge is 0.502 e. The average Bonchev–Trinajstić information content (AvgIpc) is 2.89. The molecule has 0 saturated carbocycles. The van der Waals surface area contributed by atoms with Gasteiger partial charge in [0.2, 0.25) is 5.43 Å². The second-order valence-corrected chi connectivity index (χ2v) is 8.76. The number of aromatic hydroxyl groups is 1. The van der Waals surface area contributed by atoms with Gasteiger partial charge in [0.05, 0.1) is 6.04 Å². The maximum absolute atomic E-state index is 14.5. The Balaban J connectivity index is 1.84. The summed E-state index contributed by atoms with van der Waals surface area (Å²) in [6.45, 7) is 2.19. The van der Waals surface area contributed by atoms with E-state index in [1.807, 2.05) is 48.3 Å². The maximum atomic E-state index is 14.5. The van der Waals surface area contributed by atoms with Crippen LogP contribution in [-0.4, -0.2) is 39.9 Å². The highest BCUT2D eigenvalue weighted by molar-refractivity contribution is 6.32. The molecule has 1 aromatic heterocycles. The van der Waals surface area contributed by atoms with E-state index in [9.17, 15) is 19.1 Å². The molecule has 1 N–H and O–H groups in total. The lowest BCUT2D eigenvalue weighted by atomic mass is 9.96. The smallest absolute Gasteiger partial charge is 0.278 e. The van der Waals surface area contributed by atoms with Crippen LogP contribution >= 0.6 is 11.6 Å². The molecule has 2 aromatic carbocycles. The molecule has 2 aliphatic heterocycles. The number of halogens is 2. The van der Waals surface area contributed by atoms with Gasteiger partial charge >= 0.3 is 0 Å². The molecule has 3 aromatic rings. The van der Waals surface area contributed by atoms with Crippen molar-refractivity contribution in [2.24, 2.45) is 0 Å². The summed E-state index contributed by atoms with van der Waals surface area (Å²) < 4.78 is 22.0. The Hall–Kier alpha value is -3.78. The lowest BCUT2D eigenvalue weighted by molar-refractivity contribution is 0.0626. The number of pyridine rings is 1. The number of carbonyl (C=O) groups excluding carboxylic acids is 1. The van der Waals surface area contributed by atoms with Gasteiger partial charge in [-0.25, -0.2) is 4.39 Å². The van der Waals surface area contributed by atoms with Gasteiger partial charge < -0.3 is 14.7 Å². The van der Waals surface area contributed by atoms with E-state index < -0.39 is 28.9 Å². The molecule has 3 heterocycles. The third kappa shape index (κ3) is 3.83. The van der Waals surface area contributed by atoms with Crippen LogP contribution in [0.5, 0.6) is 11.5 Å². The highest BCUT2D eigenvalue weighted by Gasteiger charge is 2.39. The van der Waals surface area contributed by atoms with Crippen LogP contribution in [0.15, 0.2) is 71.7 Å². The summed E-state index contributed by atoms with van der Waals surface area (Å²) in [4.78, 5) is 27.5. The number of amides is 1. The van der Waals surface area contributed by atoms with Crippen molar-refractivity contribution in [3.05, 3.63) is 105 Å². The Morgan fingerprint density at radius 1 is 1.14 bits per heavy atom. The minimum atomic E-state index is -0.649. The SMILES string of the molecule is CC[C@H]1/C=C/COc2c(ccc(F)c2Cl)[C@H](c2ccccc2)N2CN1C(=O)c1c(O)c(=O)ccn12. The fourth-order valence-corrected chi connectivity index (χ4v) is 4.90. The Bertz CT molecular complexity index is 1380. The van der Waals surface area contributed by atoms with Crippen molar-refractivity contribution in [3.8, 4) is 11.5 Å². The minimum Gasteiger partial charge on any atom is -0.502 e. The van der Waals surface area contributed by atoms with Crippen molar-refractivity contribution in [2.75, 3.05) is 18.3 Å². The van der Waals surface area contributed by atoms with Crippen LogP contribution < -0.4 is 15.2 Å². The number of hydrogen-bond donors (Lipinski definition) is 1. The van der Waals surface area contributed by atoms with E-state index >= 15 is 0 Å². The molecule has 0 saturated heterocycles. The lowest BCUT2D eigenvalue weighted by Crippen LogP contribution is -2.57. The zero-order valence-corrected chi connectivity index (χ0v) is 19.7. The van der Waals surface area contributed by atoms with Crippen molar-refractivity contribution in [1.29, 1.82) is 0 Å². The molecule has 0 radical (unpaired) electrons. The van der Waals surface area contributed by atoms with E-state index in [4.69, 9.17) is 16.3 Å². The van der Waals surface area contributed by atoms with Gasteiger partial charge in [-0.1, -0.05) is 54.9 Å². The van der Waals surface area contributed by atoms with Gasteiger partial charge in [0.1, 0.15) is 35.9 Å². The van der Waals surface area contributed by atoms with Crippen LogP contribution in [0.2, 0.25) is 5.02 Å². The van der Waals surface area contributed by atoms with Gasteiger partial charge in [0, 0.05) is 17.8 Å². The highest BCUT2D eigenvalue weighted by atomic mass is 35.5. The number of aromatic nitrogens is 1. The Morgan fingerprint density at radius 3 is 2.66 bits per heavy atom. The second kappa shape index (κ2) is 9.11. The number of nitrogens with zero attached hydrogens (tertiary/aromatic N) is 3. The molecule has 35 heavy (non-hydrogen) atoms. The molecular formula is C26H23ClFN3O4. The van der Waals surface area contributed by atoms with E-state index in [2.05, 4.69) is 0 Å². The van der Waals surface area contributed by atoms with Gasteiger partial charge in [0.25, 0.3) is 5.91 Å². The van der Waals surface area contributed by atoms with E-state index in [-0.39, 0.29) is 35.8 Å². The third-order valence-electron chi connectivity index (χ3n) is 6.38. The van der Waals surface area contributed by atoms with Crippen LogP contribution in [0, 0.1) is 5.82 Å². The molecule has 9 heteroatoms. The normalized spacial score (nSPS) is 20.4. The minimum absolute atomic E-state index is 0.117. The number of fused-ring (bicyclic) bond motifs is 5. The predicted octanol–water partition coefficient (Wildman–Crippen LogP) is 4.21. The topological polar surface area (TPSA) is 75.0 Å². The van der Waals surface area contributed by atoms with Gasteiger partial charge in [-0.2, -0.15) is 0 Å². The number of carbonyl (C=O) groups is 1. The summed E-state index contributed by atoms with van der Waals surface area (Å²) >= 11 is 6.39.